The zero-order chi connectivity index (χ0) is 33.0. The summed E-state index contributed by atoms with van der Waals surface area (Å²) in [5.74, 6) is 2.39. The molecular weight excluding hydrogens is 693 g/mol. The molecule has 0 radical (unpaired) electrons. The van der Waals surface area contributed by atoms with Gasteiger partial charge in [-0.1, -0.05) is 0 Å². The molecule has 2 N–H and O–H groups in total. The molecule has 2 aromatic carbocycles. The monoisotopic (exact) mass is 733 g/mol. The summed E-state index contributed by atoms with van der Waals surface area (Å²) in [6.45, 7) is 9.91. The van der Waals surface area contributed by atoms with E-state index in [0.717, 1.165) is 36.9 Å². The van der Waals surface area contributed by atoms with Crippen LogP contribution in [0.1, 0.15) is 25.7 Å². The van der Waals surface area contributed by atoms with Crippen LogP contribution in [-0.2, 0) is 4.57 Å². The molecule has 4 aliphatic rings. The molecule has 1 saturated carbocycles. The number of nitrogens with zero attached hydrogens (tertiary/aromatic N) is 7. The van der Waals surface area contributed by atoms with Crippen molar-refractivity contribution >= 4 is 68.2 Å². The van der Waals surface area contributed by atoms with Crippen LogP contribution in [0.4, 0.5) is 28.8 Å². The van der Waals surface area contributed by atoms with Crippen LogP contribution in [0.2, 0.25) is 0 Å². The number of ether oxygens (including phenoxy) is 2. The molecule has 12 nitrogen and oxygen atoms in total. The van der Waals surface area contributed by atoms with Crippen molar-refractivity contribution in [1.29, 1.82) is 0 Å². The van der Waals surface area contributed by atoms with Crippen molar-refractivity contribution in [2.24, 2.45) is 0 Å². The van der Waals surface area contributed by atoms with E-state index in [4.69, 9.17) is 14.5 Å². The summed E-state index contributed by atoms with van der Waals surface area (Å²) in [5.41, 5.74) is 3.72. The fourth-order valence-corrected chi connectivity index (χ4v) is 9.20. The highest BCUT2D eigenvalue weighted by Gasteiger charge is 2.39. The highest BCUT2D eigenvalue weighted by atomic mass is 79.9. The maximum atomic E-state index is 13.4. The summed E-state index contributed by atoms with van der Waals surface area (Å²) in [6, 6.07) is 9.59. The van der Waals surface area contributed by atoms with Crippen molar-refractivity contribution in [3.8, 4) is 11.5 Å². The van der Waals surface area contributed by atoms with Crippen LogP contribution in [0.15, 0.2) is 47.3 Å². The molecule has 3 aliphatic heterocycles. The van der Waals surface area contributed by atoms with Crippen molar-refractivity contribution < 1.29 is 14.0 Å². The van der Waals surface area contributed by atoms with Crippen molar-refractivity contribution in [3.63, 3.8) is 0 Å². The van der Waals surface area contributed by atoms with Gasteiger partial charge in [0.15, 0.2) is 0 Å². The molecule has 48 heavy (non-hydrogen) atoms. The fourth-order valence-electron chi connectivity index (χ4n) is 7.52. The quantitative estimate of drug-likeness (QED) is 0.225. The SMILES string of the molecule is COc1cc2c(cc1Nc1ncc(Br)c(Nc3ccc4nccnc4c3P(C)(C)=O)n1)OCC1CC(N3CCN(C4CC4)CC3)CCN21. The summed E-state index contributed by atoms with van der Waals surface area (Å²) in [7, 11) is -1.07. The summed E-state index contributed by atoms with van der Waals surface area (Å²) >= 11 is 3.58. The molecule has 5 heterocycles. The van der Waals surface area contributed by atoms with Gasteiger partial charge in [-0.3, -0.25) is 19.8 Å². The predicted molar refractivity (Wildman–Crippen MR) is 194 cm³/mol. The van der Waals surface area contributed by atoms with Crippen molar-refractivity contribution in [2.45, 2.75) is 43.8 Å². The van der Waals surface area contributed by atoms with E-state index in [2.05, 4.69) is 62.3 Å². The van der Waals surface area contributed by atoms with E-state index < -0.39 is 7.14 Å². The molecule has 0 spiro atoms. The predicted octanol–water partition coefficient (Wildman–Crippen LogP) is 5.44. The molecule has 4 aromatic rings. The van der Waals surface area contributed by atoms with Crippen molar-refractivity contribution in [2.75, 3.05) is 75.3 Å². The number of rotatable bonds is 8. The lowest BCUT2D eigenvalue weighted by Gasteiger charge is -2.48. The molecule has 0 bridgehead atoms. The largest absolute Gasteiger partial charge is 0.494 e. The standard InChI is InChI=1S/C34H41BrN9O3P/c1-46-29-18-28-30(47-20-23-16-22(8-11-44(23)28)43-14-12-42(13-15-43)21-4-5-21)17-27(29)40-34-38-19-24(35)33(41-34)39-26-7-6-25-31(37-10-9-36-25)32(26)48(2,3)45/h6-7,9-10,17-19,21-23H,4-5,8,11-16,20H2,1-3H3,(H2,38,39,40,41). The Hall–Kier alpha value is -3.51. The van der Waals surface area contributed by atoms with Gasteiger partial charge in [-0.25, -0.2) is 4.98 Å². The Morgan fingerprint density at radius 1 is 0.917 bits per heavy atom. The first-order valence-corrected chi connectivity index (χ1v) is 20.1. The highest BCUT2D eigenvalue weighted by Crippen LogP contribution is 2.45. The Bertz CT molecular complexity index is 1900. The van der Waals surface area contributed by atoms with E-state index >= 15 is 0 Å². The minimum atomic E-state index is -2.75. The number of benzene rings is 2. The number of piperazine rings is 1. The third kappa shape index (κ3) is 6.21. The number of anilines is 5. The third-order valence-electron chi connectivity index (χ3n) is 10.0. The Kier molecular flexibility index (Phi) is 8.43. The molecule has 3 fully saturated rings. The number of aromatic nitrogens is 4. The van der Waals surface area contributed by atoms with E-state index in [9.17, 15) is 4.57 Å². The number of nitrogens with one attached hydrogen (secondary N) is 2. The minimum absolute atomic E-state index is 0.345. The van der Waals surface area contributed by atoms with Gasteiger partial charge in [-0.15, -0.1) is 0 Å². The van der Waals surface area contributed by atoms with Crippen LogP contribution in [0.25, 0.3) is 11.0 Å². The van der Waals surface area contributed by atoms with E-state index in [-0.39, 0.29) is 0 Å². The zero-order valence-electron chi connectivity index (χ0n) is 27.5. The summed E-state index contributed by atoms with van der Waals surface area (Å²) in [4.78, 5) is 26.1. The molecule has 0 amide bonds. The lowest BCUT2D eigenvalue weighted by molar-refractivity contribution is 0.0684. The molecule has 1 aliphatic carbocycles. The Morgan fingerprint density at radius 2 is 1.69 bits per heavy atom. The molecule has 14 heteroatoms. The van der Waals surface area contributed by atoms with Gasteiger partial charge in [0, 0.05) is 75.5 Å². The number of hydrogen-bond donors (Lipinski definition) is 2. The maximum absolute atomic E-state index is 13.4. The van der Waals surface area contributed by atoms with Gasteiger partial charge in [-0.05, 0) is 67.1 Å². The Morgan fingerprint density at radius 3 is 2.44 bits per heavy atom. The molecule has 2 atom stereocenters. The third-order valence-corrected chi connectivity index (χ3v) is 12.1. The van der Waals surface area contributed by atoms with Crippen LogP contribution >= 0.6 is 23.1 Å². The van der Waals surface area contributed by atoms with Crippen molar-refractivity contribution in [1.82, 2.24) is 29.7 Å². The lowest BCUT2D eigenvalue weighted by Crippen LogP contribution is -2.57. The second kappa shape index (κ2) is 12.7. The Labute approximate surface area is 289 Å². The number of methoxy groups -OCH3 is 1. The van der Waals surface area contributed by atoms with Crippen molar-refractivity contribution in [3.05, 3.63) is 47.3 Å². The molecule has 2 aromatic heterocycles. The van der Waals surface area contributed by atoms with Gasteiger partial charge in [-0.2, -0.15) is 4.98 Å². The fraction of sp³-hybridized carbons (Fsp3) is 0.471. The summed E-state index contributed by atoms with van der Waals surface area (Å²) in [6.07, 6.45) is 9.97. The topological polar surface area (TPSA) is 121 Å². The van der Waals surface area contributed by atoms with Crippen LogP contribution in [0.5, 0.6) is 11.5 Å². The maximum Gasteiger partial charge on any atom is 0.229 e. The van der Waals surface area contributed by atoms with Gasteiger partial charge >= 0.3 is 0 Å². The Balaban J connectivity index is 1.00. The smallest absolute Gasteiger partial charge is 0.229 e. The average Bonchev–Trinajstić information content (AvgIpc) is 3.94. The summed E-state index contributed by atoms with van der Waals surface area (Å²) in [5, 5.41) is 7.34. The minimum Gasteiger partial charge on any atom is -0.494 e. The molecule has 2 unspecified atom stereocenters. The highest BCUT2D eigenvalue weighted by molar-refractivity contribution is 9.10. The number of fused-ring (bicyclic) bond motifs is 4. The van der Waals surface area contributed by atoms with Gasteiger partial charge in [0.25, 0.3) is 0 Å². The summed E-state index contributed by atoms with van der Waals surface area (Å²) < 4.78 is 26.4. The van der Waals surface area contributed by atoms with E-state index in [1.807, 2.05) is 18.2 Å². The van der Waals surface area contributed by atoms with E-state index in [1.54, 1.807) is 39.0 Å². The van der Waals surface area contributed by atoms with E-state index in [1.165, 1.54) is 39.0 Å². The molecule has 252 valence electrons. The number of hydrogen-bond acceptors (Lipinski definition) is 12. The normalized spacial score (nSPS) is 21.7. The second-order valence-electron chi connectivity index (χ2n) is 13.5. The van der Waals surface area contributed by atoms with Crippen LogP contribution < -0.4 is 30.3 Å². The lowest BCUT2D eigenvalue weighted by atomic mass is 9.93. The van der Waals surface area contributed by atoms with E-state index in [0.29, 0.717) is 68.4 Å². The van der Waals surface area contributed by atoms with Crippen LogP contribution in [0.3, 0.4) is 0 Å². The molecule has 2 saturated heterocycles. The number of piperidine rings is 1. The van der Waals surface area contributed by atoms with Gasteiger partial charge < -0.3 is 29.6 Å². The molecular formula is C34H41BrN9O3P. The molecule has 8 rings (SSSR count). The first-order chi connectivity index (χ1) is 23.2. The zero-order valence-corrected chi connectivity index (χ0v) is 30.0. The van der Waals surface area contributed by atoms with Gasteiger partial charge in [0.2, 0.25) is 5.95 Å². The first-order valence-electron chi connectivity index (χ1n) is 16.7. The number of halogens is 1. The first kappa shape index (κ1) is 31.7. The van der Waals surface area contributed by atoms with Gasteiger partial charge in [0.05, 0.1) is 45.5 Å². The second-order valence-corrected chi connectivity index (χ2v) is 17.5. The van der Waals surface area contributed by atoms with Crippen LogP contribution in [-0.4, -0.2) is 108 Å². The average molecular weight is 735 g/mol. The van der Waals surface area contributed by atoms with Gasteiger partial charge in [0.1, 0.15) is 36.6 Å². The van der Waals surface area contributed by atoms with Crippen LogP contribution in [0, 0.1) is 0 Å².